The van der Waals surface area contributed by atoms with Crippen molar-refractivity contribution in [3.05, 3.63) is 69.9 Å². The third-order valence-electron chi connectivity index (χ3n) is 3.70. The second-order valence-electron chi connectivity index (χ2n) is 5.50. The maximum absolute atomic E-state index is 13.3. The van der Waals surface area contributed by atoms with Gasteiger partial charge in [0.05, 0.1) is 18.4 Å². The molecule has 4 nitrogen and oxygen atoms in total. The highest BCUT2D eigenvalue weighted by atomic mass is 35.5. The molecular weight excluding hydrogens is 375 g/mol. The van der Waals surface area contributed by atoms with Gasteiger partial charge in [0.2, 0.25) is 0 Å². The second kappa shape index (κ2) is 8.29. The third kappa shape index (κ3) is 4.39. The van der Waals surface area contributed by atoms with Gasteiger partial charge < -0.3 is 10.1 Å². The van der Waals surface area contributed by atoms with Crippen LogP contribution in [0.5, 0.6) is 5.75 Å². The van der Waals surface area contributed by atoms with Gasteiger partial charge in [0.25, 0.3) is 5.91 Å². The molecule has 134 valence electrons. The fourth-order valence-electron chi connectivity index (χ4n) is 2.43. The first-order chi connectivity index (χ1) is 12.6. The van der Waals surface area contributed by atoms with Crippen molar-refractivity contribution in [2.24, 2.45) is 0 Å². The molecule has 0 saturated heterocycles. The minimum Gasteiger partial charge on any atom is -0.496 e. The van der Waals surface area contributed by atoms with E-state index in [0.29, 0.717) is 29.3 Å². The number of rotatable bonds is 6. The Bertz CT molecular complexity index is 929. The van der Waals surface area contributed by atoms with E-state index < -0.39 is 0 Å². The first-order valence-electron chi connectivity index (χ1n) is 7.89. The Hall–Kier alpha value is -2.44. The van der Waals surface area contributed by atoms with E-state index in [1.807, 2.05) is 11.4 Å². The van der Waals surface area contributed by atoms with Crippen LogP contribution in [-0.2, 0) is 6.42 Å². The Labute approximate surface area is 159 Å². The fraction of sp³-hybridized carbons (Fsp3) is 0.158. The molecule has 0 aliphatic rings. The summed E-state index contributed by atoms with van der Waals surface area (Å²) in [7, 11) is 1.50. The van der Waals surface area contributed by atoms with Gasteiger partial charge in [-0.05, 0) is 30.3 Å². The summed E-state index contributed by atoms with van der Waals surface area (Å²) in [6, 6.07) is 11.2. The summed E-state index contributed by atoms with van der Waals surface area (Å²) in [6.07, 6.45) is 0.570. The van der Waals surface area contributed by atoms with Crippen LogP contribution in [0.25, 0.3) is 10.6 Å². The molecule has 0 bridgehead atoms. The predicted octanol–water partition coefficient (Wildman–Crippen LogP) is 4.58. The maximum Gasteiger partial charge on any atom is 0.255 e. The minimum atomic E-state index is -0.290. The monoisotopic (exact) mass is 390 g/mol. The first kappa shape index (κ1) is 18.4. The van der Waals surface area contributed by atoms with E-state index in [4.69, 9.17) is 16.3 Å². The summed E-state index contributed by atoms with van der Waals surface area (Å²) >= 11 is 7.40. The number of amides is 1. The van der Waals surface area contributed by atoms with Gasteiger partial charge in [0.1, 0.15) is 16.6 Å². The van der Waals surface area contributed by atoms with Crippen molar-refractivity contribution in [2.45, 2.75) is 6.42 Å². The van der Waals surface area contributed by atoms with Crippen LogP contribution in [0.3, 0.4) is 0 Å². The van der Waals surface area contributed by atoms with E-state index in [1.54, 1.807) is 24.3 Å². The van der Waals surface area contributed by atoms with Gasteiger partial charge in [-0.15, -0.1) is 11.3 Å². The Balaban J connectivity index is 1.60. The van der Waals surface area contributed by atoms with E-state index in [-0.39, 0.29) is 11.7 Å². The van der Waals surface area contributed by atoms with E-state index in [2.05, 4.69) is 10.3 Å². The largest absolute Gasteiger partial charge is 0.496 e. The van der Waals surface area contributed by atoms with Crippen molar-refractivity contribution in [3.8, 4) is 16.3 Å². The van der Waals surface area contributed by atoms with Crippen molar-refractivity contribution >= 4 is 28.8 Å². The number of nitrogens with one attached hydrogen (secondary N) is 1. The van der Waals surface area contributed by atoms with Crippen LogP contribution in [0.15, 0.2) is 47.8 Å². The highest BCUT2D eigenvalue weighted by Crippen LogP contribution is 2.25. The lowest BCUT2D eigenvalue weighted by Gasteiger charge is -2.09. The molecule has 1 N–H and O–H groups in total. The Morgan fingerprint density at radius 3 is 2.92 bits per heavy atom. The minimum absolute atomic E-state index is 0.259. The number of methoxy groups -OCH3 is 1. The smallest absolute Gasteiger partial charge is 0.255 e. The average Bonchev–Trinajstić information content (AvgIpc) is 3.10. The Morgan fingerprint density at radius 1 is 1.31 bits per heavy atom. The number of carbonyl (C=O) groups is 1. The van der Waals surface area contributed by atoms with Crippen LogP contribution >= 0.6 is 22.9 Å². The van der Waals surface area contributed by atoms with Gasteiger partial charge in [0.15, 0.2) is 0 Å². The topological polar surface area (TPSA) is 51.2 Å². The molecule has 1 heterocycles. The average molecular weight is 391 g/mol. The highest BCUT2D eigenvalue weighted by molar-refractivity contribution is 7.13. The molecule has 0 aliphatic carbocycles. The highest BCUT2D eigenvalue weighted by Gasteiger charge is 2.13. The van der Waals surface area contributed by atoms with Gasteiger partial charge >= 0.3 is 0 Å². The zero-order valence-electron chi connectivity index (χ0n) is 14.0. The summed E-state index contributed by atoms with van der Waals surface area (Å²) < 4.78 is 18.5. The number of benzene rings is 2. The Morgan fingerprint density at radius 2 is 2.15 bits per heavy atom. The molecule has 1 amide bonds. The van der Waals surface area contributed by atoms with E-state index in [1.165, 1.54) is 30.6 Å². The van der Waals surface area contributed by atoms with Crippen molar-refractivity contribution in [1.29, 1.82) is 0 Å². The summed E-state index contributed by atoms with van der Waals surface area (Å²) in [5.41, 5.74) is 1.97. The number of hydrogen-bond donors (Lipinski definition) is 1. The first-order valence-corrected chi connectivity index (χ1v) is 9.14. The SMILES string of the molecule is COc1ccc(Cl)cc1C(=O)NCCc1csc(-c2cccc(F)c2)n1. The van der Waals surface area contributed by atoms with Crippen molar-refractivity contribution in [1.82, 2.24) is 10.3 Å². The van der Waals surface area contributed by atoms with Crippen LogP contribution in [0, 0.1) is 5.82 Å². The molecule has 0 unspecified atom stereocenters. The normalized spacial score (nSPS) is 10.6. The third-order valence-corrected chi connectivity index (χ3v) is 4.87. The van der Waals surface area contributed by atoms with Crippen molar-refractivity contribution in [3.63, 3.8) is 0 Å². The molecule has 0 fully saturated rings. The molecule has 0 radical (unpaired) electrons. The molecule has 1 aromatic heterocycles. The second-order valence-corrected chi connectivity index (χ2v) is 6.80. The number of nitrogens with zero attached hydrogens (tertiary/aromatic N) is 1. The molecule has 0 spiro atoms. The summed E-state index contributed by atoms with van der Waals surface area (Å²) in [5, 5.41) is 5.96. The van der Waals surface area contributed by atoms with E-state index in [9.17, 15) is 9.18 Å². The summed E-state index contributed by atoms with van der Waals surface area (Å²) in [5.74, 6) is -0.0825. The number of hydrogen-bond acceptors (Lipinski definition) is 4. The molecule has 0 atom stereocenters. The molecule has 0 aliphatic heterocycles. The molecule has 26 heavy (non-hydrogen) atoms. The van der Waals surface area contributed by atoms with E-state index in [0.717, 1.165) is 16.3 Å². The van der Waals surface area contributed by atoms with Crippen LogP contribution in [0.4, 0.5) is 4.39 Å². The molecular formula is C19H16ClFN2O2S. The standard InChI is InChI=1S/C19H16ClFN2O2S/c1-25-17-6-5-13(20)10-16(17)18(24)22-8-7-15-11-26-19(23-15)12-3-2-4-14(21)9-12/h2-6,9-11H,7-8H2,1H3,(H,22,24). The van der Waals surface area contributed by atoms with Gasteiger partial charge in [0, 0.05) is 28.9 Å². The number of thiazole rings is 1. The van der Waals surface area contributed by atoms with Gasteiger partial charge in [-0.25, -0.2) is 9.37 Å². The van der Waals surface area contributed by atoms with Gasteiger partial charge in [-0.1, -0.05) is 23.7 Å². The van der Waals surface area contributed by atoms with E-state index >= 15 is 0 Å². The van der Waals surface area contributed by atoms with Crippen LogP contribution in [-0.4, -0.2) is 24.5 Å². The van der Waals surface area contributed by atoms with Crippen molar-refractivity contribution < 1.29 is 13.9 Å². The zero-order valence-corrected chi connectivity index (χ0v) is 15.5. The number of carbonyl (C=O) groups excluding carboxylic acids is 1. The summed E-state index contributed by atoms with van der Waals surface area (Å²) in [6.45, 7) is 0.417. The van der Waals surface area contributed by atoms with Crippen molar-refractivity contribution in [2.75, 3.05) is 13.7 Å². The fourth-order valence-corrected chi connectivity index (χ4v) is 3.46. The molecule has 0 saturated carbocycles. The van der Waals surface area contributed by atoms with Gasteiger partial charge in [-0.3, -0.25) is 4.79 Å². The maximum atomic E-state index is 13.3. The number of halogens is 2. The predicted molar refractivity (Wildman–Crippen MR) is 102 cm³/mol. The van der Waals surface area contributed by atoms with Gasteiger partial charge in [-0.2, -0.15) is 0 Å². The van der Waals surface area contributed by atoms with Crippen LogP contribution < -0.4 is 10.1 Å². The Kier molecular flexibility index (Phi) is 5.85. The number of aromatic nitrogens is 1. The number of ether oxygens (including phenoxy) is 1. The van der Waals surface area contributed by atoms with Crippen LogP contribution in [0.1, 0.15) is 16.1 Å². The zero-order chi connectivity index (χ0) is 18.5. The lowest BCUT2D eigenvalue weighted by molar-refractivity contribution is 0.0951. The molecule has 2 aromatic carbocycles. The lowest BCUT2D eigenvalue weighted by Crippen LogP contribution is -2.26. The summed E-state index contributed by atoms with van der Waals surface area (Å²) in [4.78, 5) is 16.8. The molecule has 7 heteroatoms. The molecule has 3 rings (SSSR count). The van der Waals surface area contributed by atoms with Crippen LogP contribution in [0.2, 0.25) is 5.02 Å². The quantitative estimate of drug-likeness (QED) is 0.670. The lowest BCUT2D eigenvalue weighted by atomic mass is 10.2. The molecule has 3 aromatic rings.